The van der Waals surface area contributed by atoms with Crippen LogP contribution in [0, 0.1) is 0 Å². The summed E-state index contributed by atoms with van der Waals surface area (Å²) >= 11 is 0. The number of carbonyl (C=O) groups is 1. The van der Waals surface area contributed by atoms with Crippen LogP contribution in [0.5, 0.6) is 11.5 Å². The van der Waals surface area contributed by atoms with Gasteiger partial charge in [-0.25, -0.2) is 0 Å². The second-order valence-corrected chi connectivity index (χ2v) is 6.32. The van der Waals surface area contributed by atoms with Gasteiger partial charge >= 0.3 is 0 Å². The van der Waals surface area contributed by atoms with E-state index in [2.05, 4.69) is 5.32 Å². The first kappa shape index (κ1) is 14.4. The van der Waals surface area contributed by atoms with Crippen molar-refractivity contribution < 1.29 is 14.3 Å². The molecule has 1 amide bonds. The van der Waals surface area contributed by atoms with Crippen LogP contribution in [-0.2, 0) is 11.2 Å². The Kier molecular flexibility index (Phi) is 3.43. The number of nitrogens with one attached hydrogen (secondary N) is 1. The number of hydrogen-bond donors (Lipinski definition) is 1. The predicted octanol–water partition coefficient (Wildman–Crippen LogP) is 2.17. The molecule has 0 saturated heterocycles. The minimum Gasteiger partial charge on any atom is -0.496 e. The maximum Gasteiger partial charge on any atom is 0.252 e. The average Bonchev–Trinajstić information content (AvgIpc) is 2.60. The molecular formula is C18H22N2O3. The second kappa shape index (κ2) is 5.48. The minimum absolute atomic E-state index is 0.0423. The number of hydrogen-bond acceptors (Lipinski definition) is 4. The summed E-state index contributed by atoms with van der Waals surface area (Å²) in [4.78, 5) is 14.9. The Hall–Kier alpha value is -2.17. The van der Waals surface area contributed by atoms with Crippen molar-refractivity contribution in [3.63, 3.8) is 0 Å². The van der Waals surface area contributed by atoms with Crippen LogP contribution in [0.25, 0.3) is 0 Å². The Morgan fingerprint density at radius 3 is 2.74 bits per heavy atom. The lowest BCUT2D eigenvalue weighted by molar-refractivity contribution is -0.131. The summed E-state index contributed by atoms with van der Waals surface area (Å²) < 4.78 is 11.1. The van der Waals surface area contributed by atoms with Crippen LogP contribution < -0.4 is 14.8 Å². The lowest BCUT2D eigenvalue weighted by Gasteiger charge is -2.44. The van der Waals surface area contributed by atoms with E-state index in [-0.39, 0.29) is 11.9 Å². The van der Waals surface area contributed by atoms with E-state index in [1.807, 2.05) is 17.0 Å². The molecule has 0 bridgehead atoms. The van der Waals surface area contributed by atoms with Crippen molar-refractivity contribution in [2.45, 2.75) is 31.7 Å². The quantitative estimate of drug-likeness (QED) is 0.909. The number of nitrogens with zero attached hydrogens (tertiary/aromatic N) is 1. The Bertz CT molecular complexity index is 696. The molecule has 3 heterocycles. The molecule has 0 aromatic heterocycles. The molecule has 3 aliphatic rings. The highest BCUT2D eigenvalue weighted by molar-refractivity contribution is 5.96. The first-order chi connectivity index (χ1) is 11.2. The molecule has 1 atom stereocenters. The molecule has 5 nitrogen and oxygen atoms in total. The number of rotatable bonds is 2. The van der Waals surface area contributed by atoms with E-state index in [4.69, 9.17) is 9.47 Å². The Labute approximate surface area is 136 Å². The van der Waals surface area contributed by atoms with Crippen LogP contribution in [-0.4, -0.2) is 38.1 Å². The van der Waals surface area contributed by atoms with E-state index >= 15 is 0 Å². The molecule has 0 saturated carbocycles. The predicted molar refractivity (Wildman–Crippen MR) is 86.6 cm³/mol. The lowest BCUT2D eigenvalue weighted by Crippen LogP contribution is -2.47. The highest BCUT2D eigenvalue weighted by Gasteiger charge is 2.41. The van der Waals surface area contributed by atoms with Gasteiger partial charge in [-0.05, 0) is 31.4 Å². The zero-order valence-corrected chi connectivity index (χ0v) is 13.6. The van der Waals surface area contributed by atoms with Crippen molar-refractivity contribution in [3.05, 3.63) is 34.5 Å². The topological polar surface area (TPSA) is 50.8 Å². The van der Waals surface area contributed by atoms with E-state index < -0.39 is 0 Å². The van der Waals surface area contributed by atoms with Gasteiger partial charge in [0.15, 0.2) is 0 Å². The maximum atomic E-state index is 12.9. The number of carbonyl (C=O) groups excluding carboxylic acids is 1. The van der Waals surface area contributed by atoms with Gasteiger partial charge in [-0.1, -0.05) is 0 Å². The molecule has 1 N–H and O–H groups in total. The molecule has 23 heavy (non-hydrogen) atoms. The maximum absolute atomic E-state index is 12.9. The number of methoxy groups -OCH3 is 2. The highest BCUT2D eigenvalue weighted by Crippen LogP contribution is 2.46. The summed E-state index contributed by atoms with van der Waals surface area (Å²) in [6.07, 6.45) is 3.59. The standard InChI is InChI=1S/C18H22N2O3/c1-22-15-5-6-16(23-2)17-12(15)7-9-20-14(17)10-13-11(18(20)21)4-3-8-19-13/h5-6,14,19H,3-4,7-10H2,1-2H3. The number of amides is 1. The summed E-state index contributed by atoms with van der Waals surface area (Å²) in [5.74, 6) is 1.94. The van der Waals surface area contributed by atoms with Gasteiger partial charge in [0.25, 0.3) is 5.91 Å². The minimum atomic E-state index is 0.0423. The van der Waals surface area contributed by atoms with E-state index in [1.54, 1.807) is 14.2 Å². The largest absolute Gasteiger partial charge is 0.496 e. The normalized spacial score (nSPS) is 22.8. The molecule has 5 heteroatoms. The molecular weight excluding hydrogens is 292 g/mol. The third-order valence-electron chi connectivity index (χ3n) is 5.25. The number of benzene rings is 1. The van der Waals surface area contributed by atoms with Gasteiger partial charge in [-0.2, -0.15) is 0 Å². The van der Waals surface area contributed by atoms with Gasteiger partial charge in [0.2, 0.25) is 0 Å². The van der Waals surface area contributed by atoms with Crippen LogP contribution in [0.2, 0.25) is 0 Å². The number of fused-ring (bicyclic) bond motifs is 3. The van der Waals surface area contributed by atoms with Gasteiger partial charge in [0, 0.05) is 41.9 Å². The fourth-order valence-corrected chi connectivity index (χ4v) is 4.17. The van der Waals surface area contributed by atoms with Crippen molar-refractivity contribution in [2.75, 3.05) is 27.3 Å². The summed E-state index contributed by atoms with van der Waals surface area (Å²) in [5, 5.41) is 3.44. The van der Waals surface area contributed by atoms with Crippen molar-refractivity contribution in [1.82, 2.24) is 10.2 Å². The Morgan fingerprint density at radius 2 is 1.96 bits per heavy atom. The van der Waals surface area contributed by atoms with Crippen molar-refractivity contribution in [1.29, 1.82) is 0 Å². The van der Waals surface area contributed by atoms with E-state index in [0.29, 0.717) is 0 Å². The molecule has 0 aliphatic carbocycles. The summed E-state index contributed by atoms with van der Waals surface area (Å²) in [5.41, 5.74) is 4.41. The monoisotopic (exact) mass is 314 g/mol. The first-order valence-electron chi connectivity index (χ1n) is 8.25. The van der Waals surface area contributed by atoms with E-state index in [0.717, 1.165) is 67.1 Å². The SMILES string of the molecule is COc1ccc(OC)c2c1CCN1C(=O)C3=C(CC21)NCCC3. The van der Waals surface area contributed by atoms with E-state index in [9.17, 15) is 4.79 Å². The molecule has 122 valence electrons. The van der Waals surface area contributed by atoms with Gasteiger partial charge in [-0.15, -0.1) is 0 Å². The van der Waals surface area contributed by atoms with Gasteiger partial charge < -0.3 is 19.7 Å². The van der Waals surface area contributed by atoms with Crippen LogP contribution in [0.4, 0.5) is 0 Å². The molecule has 3 aliphatic heterocycles. The van der Waals surface area contributed by atoms with Crippen LogP contribution in [0.1, 0.15) is 36.4 Å². The summed E-state index contributed by atoms with van der Waals surface area (Å²) in [7, 11) is 3.39. The Morgan fingerprint density at radius 1 is 1.17 bits per heavy atom. The molecule has 0 spiro atoms. The van der Waals surface area contributed by atoms with Crippen LogP contribution in [0.3, 0.4) is 0 Å². The van der Waals surface area contributed by atoms with Crippen LogP contribution >= 0.6 is 0 Å². The molecule has 1 unspecified atom stereocenters. The smallest absolute Gasteiger partial charge is 0.252 e. The van der Waals surface area contributed by atoms with E-state index in [1.165, 1.54) is 5.56 Å². The fraction of sp³-hybridized carbons (Fsp3) is 0.500. The van der Waals surface area contributed by atoms with Gasteiger partial charge in [0.1, 0.15) is 11.5 Å². The Balaban J connectivity index is 1.83. The second-order valence-electron chi connectivity index (χ2n) is 6.32. The highest BCUT2D eigenvalue weighted by atomic mass is 16.5. The van der Waals surface area contributed by atoms with Crippen molar-refractivity contribution in [3.8, 4) is 11.5 Å². The summed E-state index contributed by atoms with van der Waals surface area (Å²) in [6.45, 7) is 1.71. The number of ether oxygens (including phenoxy) is 2. The average molecular weight is 314 g/mol. The molecule has 1 aromatic rings. The molecule has 0 fully saturated rings. The third-order valence-corrected chi connectivity index (χ3v) is 5.25. The van der Waals surface area contributed by atoms with Gasteiger partial charge in [0.05, 0.1) is 20.3 Å². The third kappa shape index (κ3) is 2.10. The van der Waals surface area contributed by atoms with Crippen molar-refractivity contribution >= 4 is 5.91 Å². The fourth-order valence-electron chi connectivity index (χ4n) is 4.17. The molecule has 1 aromatic carbocycles. The van der Waals surface area contributed by atoms with Crippen molar-refractivity contribution in [2.24, 2.45) is 0 Å². The molecule has 4 rings (SSSR count). The molecule has 0 radical (unpaired) electrons. The first-order valence-corrected chi connectivity index (χ1v) is 8.25. The zero-order valence-electron chi connectivity index (χ0n) is 13.6. The zero-order chi connectivity index (χ0) is 16.0. The summed E-state index contributed by atoms with van der Waals surface area (Å²) in [6, 6.07) is 3.95. The van der Waals surface area contributed by atoms with Gasteiger partial charge in [-0.3, -0.25) is 4.79 Å². The van der Waals surface area contributed by atoms with Crippen LogP contribution in [0.15, 0.2) is 23.4 Å². The lowest BCUT2D eigenvalue weighted by atomic mass is 9.83.